The Morgan fingerprint density at radius 1 is 1.03 bits per heavy atom. The van der Waals surface area contributed by atoms with E-state index in [1.165, 1.54) is 6.42 Å². The third-order valence-electron chi connectivity index (χ3n) is 6.44. The summed E-state index contributed by atoms with van der Waals surface area (Å²) in [4.78, 5) is 42.0. The van der Waals surface area contributed by atoms with E-state index in [1.54, 1.807) is 25.7 Å². The molecule has 0 radical (unpaired) electrons. The molecule has 1 fully saturated rings. The normalized spacial score (nSPS) is 16.6. The second-order valence-electron chi connectivity index (χ2n) is 11.9. The molecule has 36 heavy (non-hydrogen) atoms. The van der Waals surface area contributed by atoms with E-state index in [4.69, 9.17) is 4.74 Å². The van der Waals surface area contributed by atoms with E-state index < -0.39 is 29.3 Å². The van der Waals surface area contributed by atoms with E-state index in [9.17, 15) is 14.4 Å². The number of ether oxygens (including phenoxy) is 1. The first kappa shape index (κ1) is 30.0. The van der Waals surface area contributed by atoms with Crippen molar-refractivity contribution in [2.75, 3.05) is 5.75 Å². The minimum atomic E-state index is -0.959. The zero-order valence-electron chi connectivity index (χ0n) is 23.2. The predicted molar refractivity (Wildman–Crippen MR) is 147 cm³/mol. The topological polar surface area (TPSA) is 87.7 Å². The zero-order chi connectivity index (χ0) is 27.3. The lowest BCUT2D eigenvalue weighted by molar-refractivity contribution is -0.148. The average molecular weight is 520 g/mol. The molecule has 1 aliphatic rings. The number of carbonyl (C=O) groups is 3. The van der Waals surface area contributed by atoms with Gasteiger partial charge in [-0.15, -0.1) is 0 Å². The molecule has 3 amide bonds. The Morgan fingerprint density at radius 3 is 2.14 bits per heavy atom. The summed E-state index contributed by atoms with van der Waals surface area (Å²) in [5, 5.41) is 5.89. The van der Waals surface area contributed by atoms with Crippen LogP contribution in [-0.4, -0.2) is 51.8 Å². The highest BCUT2D eigenvalue weighted by atomic mass is 32.1. The van der Waals surface area contributed by atoms with Crippen LogP contribution in [0.15, 0.2) is 18.2 Å². The van der Waals surface area contributed by atoms with E-state index in [1.807, 2.05) is 52.8 Å². The van der Waals surface area contributed by atoms with E-state index in [0.29, 0.717) is 0 Å². The number of carbonyl (C=O) groups excluding carboxylic acids is 3. The van der Waals surface area contributed by atoms with Gasteiger partial charge in [0.05, 0.1) is 0 Å². The van der Waals surface area contributed by atoms with Crippen LogP contribution in [0.25, 0.3) is 0 Å². The molecule has 7 nitrogen and oxygen atoms in total. The second-order valence-corrected chi connectivity index (χ2v) is 12.2. The number of amides is 3. The molecule has 8 heteroatoms. The molecular formula is C28H45N3O4S. The van der Waals surface area contributed by atoms with Crippen LogP contribution in [0.5, 0.6) is 0 Å². The number of alkyl carbamates (subject to hydrolysis) is 1. The largest absolute Gasteiger partial charge is 0.444 e. The van der Waals surface area contributed by atoms with Gasteiger partial charge in [-0.2, -0.15) is 12.6 Å². The maximum absolute atomic E-state index is 14.0. The molecule has 0 aromatic heterocycles. The fourth-order valence-electron chi connectivity index (χ4n) is 4.53. The lowest BCUT2D eigenvalue weighted by Crippen LogP contribution is -2.59. The van der Waals surface area contributed by atoms with Crippen LogP contribution in [0.3, 0.4) is 0 Å². The summed E-state index contributed by atoms with van der Waals surface area (Å²) in [5.41, 5.74) is 1.46. The first-order chi connectivity index (χ1) is 16.6. The van der Waals surface area contributed by atoms with Gasteiger partial charge in [-0.05, 0) is 84.9 Å². The lowest BCUT2D eigenvalue weighted by Gasteiger charge is -2.43. The van der Waals surface area contributed by atoms with Gasteiger partial charge in [-0.3, -0.25) is 9.59 Å². The molecule has 0 spiro atoms. The summed E-state index contributed by atoms with van der Waals surface area (Å²) < 4.78 is 5.37. The molecule has 1 aromatic rings. The predicted octanol–water partition coefficient (Wildman–Crippen LogP) is 5.24. The monoisotopic (exact) mass is 519 g/mol. The number of aryl methyl sites for hydroxylation is 2. The minimum Gasteiger partial charge on any atom is -0.444 e. The third kappa shape index (κ3) is 8.43. The summed E-state index contributed by atoms with van der Waals surface area (Å²) in [6.07, 6.45) is 4.53. The van der Waals surface area contributed by atoms with Crippen molar-refractivity contribution in [2.45, 2.75) is 117 Å². The molecule has 1 saturated carbocycles. The van der Waals surface area contributed by atoms with Crippen molar-refractivity contribution in [1.29, 1.82) is 0 Å². The van der Waals surface area contributed by atoms with Crippen molar-refractivity contribution >= 4 is 30.5 Å². The molecule has 2 unspecified atom stereocenters. The van der Waals surface area contributed by atoms with Gasteiger partial charge in [0.15, 0.2) is 0 Å². The zero-order valence-corrected chi connectivity index (χ0v) is 24.1. The van der Waals surface area contributed by atoms with E-state index in [2.05, 4.69) is 23.3 Å². The first-order valence-electron chi connectivity index (χ1n) is 12.9. The molecule has 0 bridgehead atoms. The number of thiol groups is 1. The van der Waals surface area contributed by atoms with Crippen molar-refractivity contribution in [3.8, 4) is 0 Å². The first-order valence-corrected chi connectivity index (χ1v) is 13.6. The Morgan fingerprint density at radius 2 is 1.64 bits per heavy atom. The van der Waals surface area contributed by atoms with Crippen LogP contribution >= 0.6 is 12.6 Å². The molecule has 0 saturated heterocycles. The van der Waals surface area contributed by atoms with E-state index >= 15 is 0 Å². The van der Waals surface area contributed by atoms with Gasteiger partial charge >= 0.3 is 6.09 Å². The summed E-state index contributed by atoms with van der Waals surface area (Å²) in [6, 6.07) is 4.14. The van der Waals surface area contributed by atoms with Gasteiger partial charge in [-0.1, -0.05) is 37.5 Å². The van der Waals surface area contributed by atoms with Crippen molar-refractivity contribution in [2.24, 2.45) is 0 Å². The van der Waals surface area contributed by atoms with Crippen LogP contribution in [0.2, 0.25) is 0 Å². The highest BCUT2D eigenvalue weighted by Gasteiger charge is 2.42. The molecule has 202 valence electrons. The third-order valence-corrected chi connectivity index (χ3v) is 6.80. The maximum atomic E-state index is 14.0. The number of rotatable bonds is 7. The van der Waals surface area contributed by atoms with Crippen molar-refractivity contribution in [3.05, 3.63) is 34.9 Å². The quantitative estimate of drug-likeness (QED) is 0.430. The SMILES string of the molecule is Cc1ccc(C(C(=O)NC2CCCCC2)N(C(=O)C(CS)NC(=O)OC(C)(C)C)C(C)(C)C)cc1C. The van der Waals surface area contributed by atoms with Crippen molar-refractivity contribution in [3.63, 3.8) is 0 Å². The van der Waals surface area contributed by atoms with Crippen molar-refractivity contribution < 1.29 is 19.1 Å². The minimum absolute atomic E-state index is 0.0640. The van der Waals surface area contributed by atoms with E-state index in [-0.39, 0.29) is 23.6 Å². The van der Waals surface area contributed by atoms with Crippen molar-refractivity contribution in [1.82, 2.24) is 15.5 Å². The van der Waals surface area contributed by atoms with Gasteiger partial charge in [0.25, 0.3) is 0 Å². The fourth-order valence-corrected chi connectivity index (χ4v) is 4.78. The van der Waals surface area contributed by atoms with Gasteiger partial charge in [0, 0.05) is 17.3 Å². The summed E-state index contributed by atoms with van der Waals surface area (Å²) in [7, 11) is 0. The van der Waals surface area contributed by atoms with Gasteiger partial charge in [0.1, 0.15) is 17.7 Å². The van der Waals surface area contributed by atoms with Crippen LogP contribution in [0.4, 0.5) is 4.79 Å². The molecule has 2 N–H and O–H groups in total. The molecule has 0 heterocycles. The van der Waals surface area contributed by atoms with Gasteiger partial charge < -0.3 is 20.3 Å². The molecule has 1 aliphatic carbocycles. The number of nitrogens with one attached hydrogen (secondary N) is 2. The Kier molecular flexibility index (Phi) is 10.3. The van der Waals surface area contributed by atoms with Gasteiger partial charge in [0.2, 0.25) is 11.8 Å². The highest BCUT2D eigenvalue weighted by molar-refractivity contribution is 7.80. The Balaban J connectivity index is 2.48. The Hall–Kier alpha value is -2.22. The molecule has 2 rings (SSSR count). The standard InChI is InChI=1S/C28H45N3O4S/c1-18-14-15-20(16-19(18)2)23(24(32)29-21-12-10-9-11-13-21)31(27(3,4)5)25(33)22(17-36)30-26(34)35-28(6,7)8/h14-16,21-23,36H,9-13,17H2,1-8H3,(H,29,32)(H,30,34). The second kappa shape index (κ2) is 12.3. The van der Waals surface area contributed by atoms with Crippen LogP contribution in [-0.2, 0) is 14.3 Å². The molecular weight excluding hydrogens is 474 g/mol. The number of nitrogens with zero attached hydrogens (tertiary/aromatic N) is 1. The molecule has 2 atom stereocenters. The summed E-state index contributed by atoms with van der Waals surface area (Å²) in [6.45, 7) is 15.0. The number of hydrogen-bond acceptors (Lipinski definition) is 5. The fraction of sp³-hybridized carbons (Fsp3) is 0.679. The smallest absolute Gasteiger partial charge is 0.408 e. The Labute approximate surface area is 222 Å². The summed E-state index contributed by atoms with van der Waals surface area (Å²) >= 11 is 4.36. The molecule has 1 aromatic carbocycles. The van der Waals surface area contributed by atoms with Gasteiger partial charge in [-0.25, -0.2) is 4.79 Å². The lowest BCUT2D eigenvalue weighted by atomic mass is 9.92. The van der Waals surface area contributed by atoms with E-state index in [0.717, 1.165) is 42.4 Å². The maximum Gasteiger partial charge on any atom is 0.408 e. The summed E-state index contributed by atoms with van der Waals surface area (Å²) in [5.74, 6) is -0.525. The van der Waals surface area contributed by atoms with Crippen LogP contribution < -0.4 is 10.6 Å². The van der Waals surface area contributed by atoms with Crippen LogP contribution in [0.1, 0.15) is 96.4 Å². The number of hydrogen-bond donors (Lipinski definition) is 3. The highest BCUT2D eigenvalue weighted by Crippen LogP contribution is 2.32. The Bertz CT molecular complexity index is 930. The average Bonchev–Trinajstić information content (AvgIpc) is 2.76. The van der Waals surface area contributed by atoms with Crippen LogP contribution in [0, 0.1) is 13.8 Å². The number of benzene rings is 1. The molecule has 0 aliphatic heterocycles.